The molecule has 126 valence electrons. The average Bonchev–Trinajstić information content (AvgIpc) is 2.89. The zero-order valence-electron chi connectivity index (χ0n) is 13.2. The SMILES string of the molecule is CCCn1c(=O)sc2cc(S(=O)(=O)NCc3ccccc3)ccc21. The van der Waals surface area contributed by atoms with Crippen molar-refractivity contribution in [3.05, 3.63) is 63.8 Å². The lowest BCUT2D eigenvalue weighted by molar-refractivity contribution is 0.581. The van der Waals surface area contributed by atoms with Gasteiger partial charge in [0.25, 0.3) is 0 Å². The van der Waals surface area contributed by atoms with Crippen molar-refractivity contribution in [2.24, 2.45) is 0 Å². The molecule has 3 aromatic rings. The Morgan fingerprint density at radius 2 is 1.88 bits per heavy atom. The predicted octanol–water partition coefficient (Wildman–Crippen LogP) is 2.95. The summed E-state index contributed by atoms with van der Waals surface area (Å²) in [5.41, 5.74) is 1.68. The molecule has 5 nitrogen and oxygen atoms in total. The van der Waals surface area contributed by atoms with Crippen LogP contribution in [0.15, 0.2) is 58.2 Å². The Hall–Kier alpha value is -1.96. The summed E-state index contributed by atoms with van der Waals surface area (Å²) >= 11 is 1.08. The van der Waals surface area contributed by atoms with Crippen LogP contribution in [0.3, 0.4) is 0 Å². The van der Waals surface area contributed by atoms with E-state index in [2.05, 4.69) is 4.72 Å². The van der Waals surface area contributed by atoms with Gasteiger partial charge in [0, 0.05) is 13.1 Å². The number of thiazole rings is 1. The summed E-state index contributed by atoms with van der Waals surface area (Å²) in [4.78, 5) is 12.1. The van der Waals surface area contributed by atoms with Crippen molar-refractivity contribution in [3.8, 4) is 0 Å². The van der Waals surface area contributed by atoms with E-state index in [0.29, 0.717) is 11.2 Å². The van der Waals surface area contributed by atoms with E-state index in [0.717, 1.165) is 28.8 Å². The van der Waals surface area contributed by atoms with Gasteiger partial charge in [0.05, 0.1) is 15.1 Å². The molecule has 0 unspecified atom stereocenters. The van der Waals surface area contributed by atoms with Gasteiger partial charge in [-0.1, -0.05) is 48.6 Å². The second-order valence-corrected chi connectivity index (χ2v) is 8.22. The van der Waals surface area contributed by atoms with Gasteiger partial charge in [0.15, 0.2) is 0 Å². The third kappa shape index (κ3) is 3.43. The Morgan fingerprint density at radius 1 is 1.12 bits per heavy atom. The summed E-state index contributed by atoms with van der Waals surface area (Å²) in [6, 6.07) is 14.2. The van der Waals surface area contributed by atoms with Crippen LogP contribution in [0.2, 0.25) is 0 Å². The monoisotopic (exact) mass is 362 g/mol. The lowest BCUT2D eigenvalue weighted by Crippen LogP contribution is -2.23. The van der Waals surface area contributed by atoms with E-state index in [4.69, 9.17) is 0 Å². The van der Waals surface area contributed by atoms with E-state index in [1.807, 2.05) is 37.3 Å². The normalized spacial score (nSPS) is 11.9. The fraction of sp³-hybridized carbons (Fsp3) is 0.235. The van der Waals surface area contributed by atoms with E-state index >= 15 is 0 Å². The predicted molar refractivity (Wildman–Crippen MR) is 96.8 cm³/mol. The van der Waals surface area contributed by atoms with Crippen LogP contribution in [-0.2, 0) is 23.1 Å². The number of hydrogen-bond acceptors (Lipinski definition) is 4. The third-order valence-electron chi connectivity index (χ3n) is 3.71. The molecular weight excluding hydrogens is 344 g/mol. The van der Waals surface area contributed by atoms with E-state index in [9.17, 15) is 13.2 Å². The number of aryl methyl sites for hydroxylation is 1. The second kappa shape index (κ2) is 6.88. The molecule has 1 N–H and O–H groups in total. The van der Waals surface area contributed by atoms with E-state index < -0.39 is 10.0 Å². The maximum absolute atomic E-state index is 12.5. The quantitative estimate of drug-likeness (QED) is 0.733. The lowest BCUT2D eigenvalue weighted by atomic mass is 10.2. The van der Waals surface area contributed by atoms with Gasteiger partial charge in [-0.15, -0.1) is 0 Å². The van der Waals surface area contributed by atoms with Crippen molar-refractivity contribution in [1.82, 2.24) is 9.29 Å². The Balaban J connectivity index is 1.89. The van der Waals surface area contributed by atoms with E-state index in [1.165, 1.54) is 0 Å². The Bertz CT molecular complexity index is 1010. The van der Waals surface area contributed by atoms with Crippen molar-refractivity contribution in [3.63, 3.8) is 0 Å². The van der Waals surface area contributed by atoms with Crippen LogP contribution < -0.4 is 9.60 Å². The molecule has 0 saturated carbocycles. The highest BCUT2D eigenvalue weighted by Crippen LogP contribution is 2.22. The van der Waals surface area contributed by atoms with Gasteiger partial charge in [0.1, 0.15) is 0 Å². The molecule has 24 heavy (non-hydrogen) atoms. The number of sulfonamides is 1. The van der Waals surface area contributed by atoms with Crippen LogP contribution in [0, 0.1) is 0 Å². The zero-order chi connectivity index (χ0) is 17.2. The van der Waals surface area contributed by atoms with Crippen LogP contribution in [-0.4, -0.2) is 13.0 Å². The number of nitrogens with one attached hydrogen (secondary N) is 1. The van der Waals surface area contributed by atoms with Gasteiger partial charge in [-0.25, -0.2) is 13.1 Å². The topological polar surface area (TPSA) is 68.2 Å². The number of nitrogens with zero attached hydrogens (tertiary/aromatic N) is 1. The maximum atomic E-state index is 12.5. The van der Waals surface area contributed by atoms with Gasteiger partial charge in [0.2, 0.25) is 10.0 Å². The molecule has 3 rings (SSSR count). The minimum absolute atomic E-state index is 0.0568. The maximum Gasteiger partial charge on any atom is 0.308 e. The first kappa shape index (κ1) is 16.9. The molecule has 2 aromatic carbocycles. The number of benzene rings is 2. The lowest BCUT2D eigenvalue weighted by Gasteiger charge is -2.07. The Labute approximate surface area is 144 Å². The molecule has 0 aliphatic carbocycles. The molecule has 0 spiro atoms. The van der Waals surface area contributed by atoms with Gasteiger partial charge in [-0.3, -0.25) is 9.36 Å². The Kier molecular flexibility index (Phi) is 4.84. The molecule has 0 aliphatic rings. The van der Waals surface area contributed by atoms with Crippen LogP contribution in [0.4, 0.5) is 0 Å². The third-order valence-corrected chi connectivity index (χ3v) is 6.05. The number of aromatic nitrogens is 1. The first-order valence-corrected chi connectivity index (χ1v) is 9.98. The largest absolute Gasteiger partial charge is 0.308 e. The van der Waals surface area contributed by atoms with Crippen molar-refractivity contribution in [2.45, 2.75) is 31.3 Å². The molecule has 0 atom stereocenters. The standard InChI is InChI=1S/C17H18N2O3S2/c1-2-10-19-15-9-8-14(11-16(15)23-17(19)20)24(21,22)18-12-13-6-4-3-5-7-13/h3-9,11,18H,2,10,12H2,1H3. The molecule has 0 bridgehead atoms. The van der Waals surface area contributed by atoms with Crippen molar-refractivity contribution >= 4 is 31.6 Å². The molecule has 0 fully saturated rings. The average molecular weight is 362 g/mol. The van der Waals surface area contributed by atoms with Crippen LogP contribution >= 0.6 is 11.3 Å². The van der Waals surface area contributed by atoms with Crippen molar-refractivity contribution < 1.29 is 8.42 Å². The fourth-order valence-corrected chi connectivity index (χ4v) is 4.58. The summed E-state index contributed by atoms with van der Waals surface area (Å²) in [6.45, 7) is 2.87. The van der Waals surface area contributed by atoms with Crippen LogP contribution in [0.5, 0.6) is 0 Å². The minimum Gasteiger partial charge on any atom is -0.299 e. The fourth-order valence-electron chi connectivity index (χ4n) is 2.51. The molecule has 0 aliphatic heterocycles. The molecule has 0 saturated heterocycles. The molecule has 1 aromatic heterocycles. The molecule has 1 heterocycles. The van der Waals surface area contributed by atoms with Crippen LogP contribution in [0.1, 0.15) is 18.9 Å². The highest BCUT2D eigenvalue weighted by atomic mass is 32.2. The number of hydrogen-bond donors (Lipinski definition) is 1. The van der Waals surface area contributed by atoms with Crippen molar-refractivity contribution in [1.29, 1.82) is 0 Å². The van der Waals surface area contributed by atoms with Crippen molar-refractivity contribution in [2.75, 3.05) is 0 Å². The molecule has 0 radical (unpaired) electrons. The molecule has 0 amide bonds. The molecular formula is C17H18N2O3S2. The summed E-state index contributed by atoms with van der Waals surface area (Å²) in [7, 11) is -3.62. The van der Waals surface area contributed by atoms with Gasteiger partial charge in [-0.05, 0) is 30.2 Å². The highest BCUT2D eigenvalue weighted by molar-refractivity contribution is 7.89. The summed E-state index contributed by atoms with van der Waals surface area (Å²) in [5.74, 6) is 0. The number of rotatable bonds is 6. The van der Waals surface area contributed by atoms with E-state index in [-0.39, 0.29) is 16.3 Å². The van der Waals surface area contributed by atoms with E-state index in [1.54, 1.807) is 22.8 Å². The highest BCUT2D eigenvalue weighted by Gasteiger charge is 2.16. The van der Waals surface area contributed by atoms with Gasteiger partial charge < -0.3 is 0 Å². The first-order chi connectivity index (χ1) is 11.5. The Morgan fingerprint density at radius 3 is 2.58 bits per heavy atom. The van der Waals surface area contributed by atoms with Gasteiger partial charge >= 0.3 is 4.87 Å². The zero-order valence-corrected chi connectivity index (χ0v) is 14.9. The number of fused-ring (bicyclic) bond motifs is 1. The smallest absolute Gasteiger partial charge is 0.299 e. The summed E-state index contributed by atoms with van der Waals surface area (Å²) < 4.78 is 29.9. The second-order valence-electron chi connectivity index (χ2n) is 5.46. The minimum atomic E-state index is -3.62. The molecule has 7 heteroatoms. The van der Waals surface area contributed by atoms with Crippen LogP contribution in [0.25, 0.3) is 10.2 Å². The van der Waals surface area contributed by atoms with Gasteiger partial charge in [-0.2, -0.15) is 0 Å². The summed E-state index contributed by atoms with van der Waals surface area (Å²) in [6.07, 6.45) is 0.852. The summed E-state index contributed by atoms with van der Waals surface area (Å²) in [5, 5.41) is 0. The first-order valence-electron chi connectivity index (χ1n) is 7.68.